The molecule has 4 rings (SSSR count). The van der Waals surface area contributed by atoms with Crippen molar-refractivity contribution in [2.75, 3.05) is 27.4 Å². The number of methoxy groups -OCH3 is 2. The van der Waals surface area contributed by atoms with Crippen molar-refractivity contribution in [2.24, 2.45) is 5.41 Å². The lowest BCUT2D eigenvalue weighted by atomic mass is 9.87. The van der Waals surface area contributed by atoms with Crippen LogP contribution in [0.4, 0.5) is 0 Å². The third-order valence-electron chi connectivity index (χ3n) is 7.41. The van der Waals surface area contributed by atoms with Crippen LogP contribution in [0.25, 0.3) is 0 Å². The molecular weight excluding hydrogens is 556 g/mol. The molecule has 0 N–H and O–H groups in total. The number of allylic oxidation sites excluding steroid dienone is 2. The minimum absolute atomic E-state index is 0.0487. The molecule has 0 saturated heterocycles. The van der Waals surface area contributed by atoms with Crippen LogP contribution in [0.5, 0.6) is 11.5 Å². The van der Waals surface area contributed by atoms with Crippen molar-refractivity contribution < 1.29 is 33.2 Å². The summed E-state index contributed by atoms with van der Waals surface area (Å²) in [5, 5.41) is 0. The average Bonchev–Trinajstić information content (AvgIpc) is 3.04. The maximum absolute atomic E-state index is 12.8. The first-order chi connectivity index (χ1) is 21.3. The molecule has 0 bridgehead atoms. The molecule has 3 aromatic rings. The van der Waals surface area contributed by atoms with Gasteiger partial charge in [0.1, 0.15) is 23.4 Å². The molecule has 0 fully saturated rings. The largest absolute Gasteiger partial charge is 0.497 e. The van der Waals surface area contributed by atoms with E-state index < -0.39 is 5.41 Å². The number of carbonyl (C=O) groups excluding carboxylic acids is 1. The summed E-state index contributed by atoms with van der Waals surface area (Å²) in [5.41, 5.74) is 2.71. The van der Waals surface area contributed by atoms with Crippen LogP contribution in [-0.2, 0) is 43.6 Å². The molecule has 0 radical (unpaired) electrons. The van der Waals surface area contributed by atoms with Crippen LogP contribution in [0.2, 0.25) is 0 Å². The molecule has 0 spiro atoms. The Balaban J connectivity index is 1.32. The van der Waals surface area contributed by atoms with E-state index in [1.54, 1.807) is 20.3 Å². The van der Waals surface area contributed by atoms with Crippen LogP contribution >= 0.6 is 0 Å². The molecule has 1 heterocycles. The normalized spacial score (nSPS) is 16.0. The van der Waals surface area contributed by atoms with Crippen molar-refractivity contribution in [3.8, 4) is 11.5 Å². The van der Waals surface area contributed by atoms with Crippen LogP contribution < -0.4 is 9.47 Å². The maximum Gasteiger partial charge on any atom is 0.162 e. The summed E-state index contributed by atoms with van der Waals surface area (Å²) in [6.45, 7) is 6.30. The van der Waals surface area contributed by atoms with Crippen LogP contribution in [0.15, 0.2) is 103 Å². The molecule has 0 aliphatic carbocycles. The molecule has 0 amide bonds. The lowest BCUT2D eigenvalue weighted by Gasteiger charge is -2.33. The van der Waals surface area contributed by atoms with Gasteiger partial charge in [-0.3, -0.25) is 4.79 Å². The van der Waals surface area contributed by atoms with E-state index in [1.807, 2.05) is 105 Å². The molecule has 1 unspecified atom stereocenters. The minimum atomic E-state index is -0.485. The van der Waals surface area contributed by atoms with E-state index in [2.05, 4.69) is 0 Å². The molecule has 3 aromatic carbocycles. The van der Waals surface area contributed by atoms with Gasteiger partial charge >= 0.3 is 0 Å². The minimum Gasteiger partial charge on any atom is -0.497 e. The number of hydrogen-bond donors (Lipinski definition) is 0. The van der Waals surface area contributed by atoms with Gasteiger partial charge in [0.05, 0.1) is 53.4 Å². The number of hydrogen-bond acceptors (Lipinski definition) is 7. The zero-order valence-electron chi connectivity index (χ0n) is 26.2. The lowest BCUT2D eigenvalue weighted by Crippen LogP contribution is -2.33. The number of benzene rings is 3. The van der Waals surface area contributed by atoms with Gasteiger partial charge in [0, 0.05) is 24.3 Å². The predicted octanol–water partition coefficient (Wildman–Crippen LogP) is 7.24. The van der Waals surface area contributed by atoms with Crippen molar-refractivity contribution in [1.29, 1.82) is 0 Å². The van der Waals surface area contributed by atoms with E-state index in [9.17, 15) is 4.79 Å². The number of rotatable bonds is 17. The van der Waals surface area contributed by atoms with E-state index in [0.717, 1.165) is 28.2 Å². The highest BCUT2D eigenvalue weighted by atomic mass is 16.5. The third kappa shape index (κ3) is 10.7. The Morgan fingerprint density at radius 2 is 1.41 bits per heavy atom. The zero-order valence-corrected chi connectivity index (χ0v) is 26.2. The topological polar surface area (TPSA) is 72.5 Å². The van der Waals surface area contributed by atoms with Gasteiger partial charge < -0.3 is 28.4 Å². The maximum atomic E-state index is 12.8. The van der Waals surface area contributed by atoms with Crippen LogP contribution in [0.3, 0.4) is 0 Å². The van der Waals surface area contributed by atoms with E-state index >= 15 is 0 Å². The zero-order chi connectivity index (χ0) is 31.2. The highest BCUT2D eigenvalue weighted by Gasteiger charge is 2.32. The summed E-state index contributed by atoms with van der Waals surface area (Å²) in [7, 11) is 3.30. The van der Waals surface area contributed by atoms with E-state index in [0.29, 0.717) is 51.6 Å². The first kappa shape index (κ1) is 33.0. The summed E-state index contributed by atoms with van der Waals surface area (Å²) in [6.07, 6.45) is 5.88. The van der Waals surface area contributed by atoms with Gasteiger partial charge in [-0.25, -0.2) is 0 Å². The Labute approximate surface area is 261 Å². The van der Waals surface area contributed by atoms with Gasteiger partial charge in [0.2, 0.25) is 0 Å². The summed E-state index contributed by atoms with van der Waals surface area (Å²) in [6, 6.07) is 25.7. The Kier molecular flexibility index (Phi) is 12.6. The molecular formula is C37H44O7. The summed E-state index contributed by atoms with van der Waals surface area (Å²) < 4.78 is 35.1. The van der Waals surface area contributed by atoms with Gasteiger partial charge in [-0.05, 0) is 54.8 Å². The van der Waals surface area contributed by atoms with E-state index in [1.165, 1.54) is 0 Å². The fraction of sp³-hybridized carbons (Fsp3) is 0.378. The number of ether oxygens (including phenoxy) is 6. The fourth-order valence-corrected chi connectivity index (χ4v) is 4.84. The molecule has 2 atom stereocenters. The average molecular weight is 601 g/mol. The molecule has 1 aliphatic rings. The smallest absolute Gasteiger partial charge is 0.162 e. The second kappa shape index (κ2) is 16.8. The van der Waals surface area contributed by atoms with Gasteiger partial charge in [-0.15, -0.1) is 0 Å². The summed E-state index contributed by atoms with van der Waals surface area (Å²) in [4.78, 5) is 12.8. The Morgan fingerprint density at radius 1 is 0.818 bits per heavy atom. The van der Waals surface area contributed by atoms with Crippen molar-refractivity contribution in [3.05, 3.63) is 120 Å². The Hall–Kier alpha value is -3.91. The van der Waals surface area contributed by atoms with Gasteiger partial charge in [-0.2, -0.15) is 0 Å². The lowest BCUT2D eigenvalue weighted by molar-refractivity contribution is -0.121. The number of carbonyl (C=O) groups is 1. The molecule has 0 aromatic heterocycles. The molecule has 1 aliphatic heterocycles. The first-order valence-electron chi connectivity index (χ1n) is 15.0. The van der Waals surface area contributed by atoms with Crippen molar-refractivity contribution >= 4 is 5.78 Å². The third-order valence-corrected chi connectivity index (χ3v) is 7.41. The fourth-order valence-electron chi connectivity index (χ4n) is 4.84. The quantitative estimate of drug-likeness (QED) is 0.120. The Morgan fingerprint density at radius 3 is 2.05 bits per heavy atom. The van der Waals surface area contributed by atoms with Crippen LogP contribution in [0.1, 0.15) is 43.4 Å². The molecule has 0 saturated carbocycles. The van der Waals surface area contributed by atoms with Gasteiger partial charge in [0.25, 0.3) is 0 Å². The summed E-state index contributed by atoms with van der Waals surface area (Å²) in [5.74, 6) is 2.31. The molecule has 7 heteroatoms. The second-order valence-corrected chi connectivity index (χ2v) is 11.4. The second-order valence-electron chi connectivity index (χ2n) is 11.4. The van der Waals surface area contributed by atoms with Gasteiger partial charge in [-0.1, -0.05) is 66.7 Å². The number of ketones is 1. The molecule has 234 valence electrons. The standard InChI is InChI=1S/C37H44O7/c1-37(2,19-8-20-41-24-29-11-15-32(39-3)16-12-29)36-22-31(38)21-34(44-36)23-35(27-42-25-28-9-6-5-7-10-28)43-26-30-13-17-33(40-4)18-14-30/h5-19,22,34-35H,20-21,23-27H2,1-4H3/b19-8+/t34?,35-/m1/s1. The monoisotopic (exact) mass is 600 g/mol. The van der Waals surface area contributed by atoms with Crippen molar-refractivity contribution in [1.82, 2.24) is 0 Å². The van der Waals surface area contributed by atoms with Crippen molar-refractivity contribution in [2.45, 2.75) is 58.7 Å². The van der Waals surface area contributed by atoms with E-state index in [-0.39, 0.29) is 18.0 Å². The van der Waals surface area contributed by atoms with E-state index in [4.69, 9.17) is 28.4 Å². The van der Waals surface area contributed by atoms with Crippen LogP contribution in [0, 0.1) is 5.41 Å². The first-order valence-corrected chi connectivity index (χ1v) is 15.0. The highest BCUT2D eigenvalue weighted by molar-refractivity contribution is 5.91. The predicted molar refractivity (Wildman–Crippen MR) is 170 cm³/mol. The van der Waals surface area contributed by atoms with Gasteiger partial charge in [0.15, 0.2) is 5.78 Å². The SMILES string of the molecule is COc1ccc(COC/C=C/C(C)(C)C2=CC(=O)CC(C[C@H](COCc3ccccc3)OCc3ccc(OC)cc3)O2)cc1. The van der Waals surface area contributed by atoms with Crippen molar-refractivity contribution in [3.63, 3.8) is 0 Å². The summed E-state index contributed by atoms with van der Waals surface area (Å²) >= 11 is 0. The highest BCUT2D eigenvalue weighted by Crippen LogP contribution is 2.34. The molecule has 7 nitrogen and oxygen atoms in total. The van der Waals surface area contributed by atoms with Crippen LogP contribution in [-0.4, -0.2) is 45.4 Å². The Bertz CT molecular complexity index is 1340. The molecule has 44 heavy (non-hydrogen) atoms.